The number of carbonyl (C=O) groups excluding carboxylic acids is 1. The number of aliphatic hydroxyl groups excluding tert-OH is 7. The minimum Gasteiger partial charge on any atom is -1.00 e. The van der Waals surface area contributed by atoms with Crippen molar-refractivity contribution in [2.45, 2.75) is 61.4 Å². The highest BCUT2D eigenvalue weighted by atomic mass is 35.5. The number of esters is 1. The molecule has 0 aliphatic carbocycles. The van der Waals surface area contributed by atoms with Crippen molar-refractivity contribution in [1.82, 2.24) is 0 Å². The van der Waals surface area contributed by atoms with E-state index in [-0.39, 0.29) is 51.9 Å². The molecule has 3 heterocycles. The van der Waals surface area contributed by atoms with Crippen LogP contribution < -0.4 is 21.9 Å². The Morgan fingerprint density at radius 2 is 1.31 bits per heavy atom. The Morgan fingerprint density at radius 3 is 1.95 bits per heavy atom. The number of hydrogen-bond acceptors (Lipinski definition) is 17. The molecule has 0 bridgehead atoms. The molecule has 19 heteroatoms. The lowest BCUT2D eigenvalue weighted by Gasteiger charge is -2.39. The highest BCUT2D eigenvalue weighted by Crippen LogP contribution is 2.43. The summed E-state index contributed by atoms with van der Waals surface area (Å²) in [7, 11) is 0. The molecule has 2 fully saturated rings. The van der Waals surface area contributed by atoms with Crippen LogP contribution in [0.4, 0.5) is 0 Å². The van der Waals surface area contributed by atoms with Gasteiger partial charge in [0, 0.05) is 24.3 Å². The molecule has 4 aromatic rings. The third kappa shape index (κ3) is 8.95. The van der Waals surface area contributed by atoms with Crippen LogP contribution in [0.25, 0.3) is 28.4 Å². The highest BCUT2D eigenvalue weighted by Gasteiger charge is 2.47. The molecule has 0 unspecified atom stereocenters. The fraction of sp³-hybridized carbons (Fsp3) is 0.333. The second kappa shape index (κ2) is 17.2. The number of ether oxygens (including phenoxy) is 5. The molecule has 0 spiro atoms. The topological polar surface area (TPSA) is 297 Å². The average Bonchev–Trinajstić information content (AvgIpc) is 3.15. The molecule has 296 valence electrons. The predicted octanol–water partition coefficient (Wildman–Crippen LogP) is -3.17. The second-order valence-electron chi connectivity index (χ2n) is 12.5. The summed E-state index contributed by atoms with van der Waals surface area (Å²) in [5.74, 6) is -3.00. The molecule has 1 aromatic heterocycles. The third-order valence-electron chi connectivity index (χ3n) is 8.74. The van der Waals surface area contributed by atoms with Gasteiger partial charge in [0.2, 0.25) is 18.3 Å². The minimum atomic E-state index is -1.91. The van der Waals surface area contributed by atoms with Crippen LogP contribution in [0.3, 0.4) is 0 Å². The van der Waals surface area contributed by atoms with Crippen molar-refractivity contribution in [2.24, 2.45) is 0 Å². The van der Waals surface area contributed by atoms with Gasteiger partial charge in [0.15, 0.2) is 11.5 Å². The lowest BCUT2D eigenvalue weighted by molar-refractivity contribution is -0.278. The molecule has 0 saturated carbocycles. The van der Waals surface area contributed by atoms with Gasteiger partial charge < -0.3 is 92.3 Å². The van der Waals surface area contributed by atoms with E-state index in [1.54, 1.807) is 12.1 Å². The molecule has 2 saturated heterocycles. The fourth-order valence-electron chi connectivity index (χ4n) is 5.75. The molecule has 2 aliphatic rings. The van der Waals surface area contributed by atoms with Crippen LogP contribution in [0.5, 0.6) is 34.5 Å². The first-order chi connectivity index (χ1) is 25.7. The quantitative estimate of drug-likeness (QED) is 0.0327. The smallest absolute Gasteiger partial charge is 0.402 e. The van der Waals surface area contributed by atoms with Crippen molar-refractivity contribution >= 4 is 23.0 Å². The van der Waals surface area contributed by atoms with Gasteiger partial charge in [-0.25, -0.2) is 9.21 Å². The third-order valence-corrected chi connectivity index (χ3v) is 8.74. The van der Waals surface area contributed by atoms with Crippen molar-refractivity contribution in [2.75, 3.05) is 13.2 Å². The summed E-state index contributed by atoms with van der Waals surface area (Å²) in [6.45, 7) is -1.36. The number of halogens is 1. The van der Waals surface area contributed by atoms with Crippen molar-refractivity contribution in [1.29, 1.82) is 0 Å². The first kappa shape index (κ1) is 41.2. The zero-order valence-corrected chi connectivity index (χ0v) is 29.0. The largest absolute Gasteiger partial charge is 1.00 e. The lowest BCUT2D eigenvalue weighted by atomic mass is 9.99. The van der Waals surface area contributed by atoms with Crippen molar-refractivity contribution < 1.29 is 101 Å². The van der Waals surface area contributed by atoms with E-state index >= 15 is 0 Å². The van der Waals surface area contributed by atoms with Crippen molar-refractivity contribution in [3.05, 3.63) is 72.3 Å². The molecule has 6 rings (SSSR count). The molecule has 10 atom stereocenters. The number of aliphatic hydroxyl groups is 7. The zero-order valence-electron chi connectivity index (χ0n) is 28.3. The van der Waals surface area contributed by atoms with E-state index in [0.717, 1.165) is 30.3 Å². The van der Waals surface area contributed by atoms with Gasteiger partial charge in [-0.05, 0) is 35.9 Å². The number of fused-ring (bicyclic) bond motifs is 1. The Kier molecular flexibility index (Phi) is 12.9. The average molecular weight is 793 g/mol. The van der Waals surface area contributed by atoms with E-state index < -0.39 is 97.8 Å². The molecule has 11 N–H and O–H groups in total. The van der Waals surface area contributed by atoms with Crippen LogP contribution >= 0.6 is 0 Å². The van der Waals surface area contributed by atoms with Gasteiger partial charge in [-0.3, -0.25) is 0 Å². The van der Waals surface area contributed by atoms with Crippen LogP contribution in [0.2, 0.25) is 0 Å². The van der Waals surface area contributed by atoms with Gasteiger partial charge in [-0.2, -0.15) is 0 Å². The van der Waals surface area contributed by atoms with Crippen molar-refractivity contribution in [3.63, 3.8) is 0 Å². The predicted molar refractivity (Wildman–Crippen MR) is 181 cm³/mol. The Labute approximate surface area is 316 Å². The van der Waals surface area contributed by atoms with Crippen LogP contribution in [-0.2, 0) is 19.0 Å². The molecule has 18 nitrogen and oxygen atoms in total. The maximum absolute atomic E-state index is 12.4. The lowest BCUT2D eigenvalue weighted by Crippen LogP contribution is -3.00. The number of rotatable bonds is 10. The summed E-state index contributed by atoms with van der Waals surface area (Å²) >= 11 is 0. The number of carbonyl (C=O) groups is 1. The van der Waals surface area contributed by atoms with Crippen LogP contribution in [0.1, 0.15) is 5.56 Å². The molecule has 0 amide bonds. The summed E-state index contributed by atoms with van der Waals surface area (Å²) in [6, 6.07) is 13.0. The van der Waals surface area contributed by atoms with Crippen molar-refractivity contribution in [3.8, 4) is 45.8 Å². The van der Waals surface area contributed by atoms with Gasteiger partial charge in [-0.15, -0.1) is 0 Å². The molecule has 0 radical (unpaired) electrons. The summed E-state index contributed by atoms with van der Waals surface area (Å²) in [4.78, 5) is 12.4. The maximum Gasteiger partial charge on any atom is 0.402 e. The molecule has 2 aliphatic heterocycles. The van der Waals surface area contributed by atoms with E-state index in [1.165, 1.54) is 30.3 Å². The summed E-state index contributed by atoms with van der Waals surface area (Å²) in [5, 5.41) is 113. The Bertz CT molecular complexity index is 1990. The molecular weight excluding hydrogens is 756 g/mol. The second-order valence-corrected chi connectivity index (χ2v) is 12.5. The molecule has 55 heavy (non-hydrogen) atoms. The van der Waals surface area contributed by atoms with Gasteiger partial charge in [0.25, 0.3) is 0 Å². The van der Waals surface area contributed by atoms with E-state index in [9.17, 15) is 61.0 Å². The Morgan fingerprint density at radius 1 is 0.691 bits per heavy atom. The Balaban J connectivity index is 0.00000580. The molecule has 3 aromatic carbocycles. The van der Waals surface area contributed by atoms with E-state index in [2.05, 4.69) is 0 Å². The van der Waals surface area contributed by atoms with Gasteiger partial charge in [-0.1, -0.05) is 12.1 Å². The SMILES string of the molecule is O=C(/C=C/c1ccc(O)cc1)OC[C@H]1O[C@@H](Oc2cc3c(O[C@@H]4O[C@H](CO)[C@@H](O)[C@H](O)[C@H]4O)cc(O)cc3[o+]c2-c2ccc(O)c(O)c2)[C@H](O)[C@@H](O)[C@@H]1O.[Cl-]. The van der Waals surface area contributed by atoms with Crippen LogP contribution in [-0.4, -0.2) is 137 Å². The Hall–Kier alpha value is -4.99. The monoisotopic (exact) mass is 792 g/mol. The van der Waals surface area contributed by atoms with Crippen LogP contribution in [0.15, 0.2) is 71.2 Å². The number of aromatic hydroxyl groups is 4. The van der Waals surface area contributed by atoms with Crippen LogP contribution in [0, 0.1) is 0 Å². The number of phenolic OH excluding ortho intramolecular Hbond substituents is 4. The van der Waals surface area contributed by atoms with E-state index in [1.807, 2.05) is 0 Å². The summed E-state index contributed by atoms with van der Waals surface area (Å²) in [5.41, 5.74) is 0.551. The summed E-state index contributed by atoms with van der Waals surface area (Å²) < 4.78 is 34.2. The maximum atomic E-state index is 12.4. The zero-order chi connectivity index (χ0) is 38.8. The number of phenols is 4. The van der Waals surface area contributed by atoms with Gasteiger partial charge in [0.1, 0.15) is 78.1 Å². The summed E-state index contributed by atoms with van der Waals surface area (Å²) in [6.07, 6.45) is -14.6. The number of benzene rings is 3. The molecular formula is C36H37ClO18. The number of hydrogen-bond donors (Lipinski definition) is 11. The highest BCUT2D eigenvalue weighted by molar-refractivity contribution is 5.89. The van der Waals surface area contributed by atoms with E-state index in [0.29, 0.717) is 5.56 Å². The van der Waals surface area contributed by atoms with Gasteiger partial charge >= 0.3 is 17.3 Å². The minimum absolute atomic E-state index is 0. The first-order valence-corrected chi connectivity index (χ1v) is 16.4. The first-order valence-electron chi connectivity index (χ1n) is 16.4. The van der Waals surface area contributed by atoms with Gasteiger partial charge in [0.05, 0.1) is 18.2 Å². The fourth-order valence-corrected chi connectivity index (χ4v) is 5.75. The van der Waals surface area contributed by atoms with E-state index in [4.69, 9.17) is 28.1 Å². The normalized spacial score (nSPS) is 28.1. The standard InChI is InChI=1S/C36H36O18.ClH/c37-13-25-28(43)30(45)32(47)35(53-25)51-23-11-18(39)10-22-19(23)12-24(34(50-22)16-4-7-20(40)21(41)9-16)52-36-33(48)31(46)29(44)26(54-36)14-49-27(42)8-3-15-1-5-17(38)6-2-15;/h1-12,25-26,28-33,35-37,43-48H,13-14H2,(H3-,38,39,40,41,42);1H/t25-,26-,28-,29-,30+,31+,32-,33-,35-,36-;/m1./s1.